The highest BCUT2D eigenvalue weighted by molar-refractivity contribution is 5.80. The lowest BCUT2D eigenvalue weighted by molar-refractivity contribution is -0.645. The Hall–Kier alpha value is -2.09. The van der Waals surface area contributed by atoms with Crippen molar-refractivity contribution in [3.05, 3.63) is 59.9 Å². The normalized spacial score (nSPS) is 11.1. The monoisotopic (exact) mass is 237 g/mol. The highest BCUT2D eigenvalue weighted by Crippen LogP contribution is 2.22. The van der Waals surface area contributed by atoms with Crippen LogP contribution in [0.1, 0.15) is 11.1 Å². The Labute approximate surface area is 107 Å². The van der Waals surface area contributed by atoms with E-state index in [0.29, 0.717) is 0 Å². The van der Waals surface area contributed by atoms with Crippen LogP contribution in [-0.2, 0) is 7.05 Å². The molecule has 0 bridgehead atoms. The maximum Gasteiger partial charge on any atom is 0.249 e. The number of hydrogen-bond acceptors (Lipinski definition) is 0. The molecule has 2 aromatic carbocycles. The first-order valence-electron chi connectivity index (χ1n) is 6.21. The molecule has 2 nitrogen and oxygen atoms in total. The summed E-state index contributed by atoms with van der Waals surface area (Å²) in [6, 6.07) is 14.9. The van der Waals surface area contributed by atoms with E-state index in [1.54, 1.807) is 0 Å². The largest absolute Gasteiger partial charge is 0.249 e. The van der Waals surface area contributed by atoms with Crippen LogP contribution in [0.5, 0.6) is 0 Å². The van der Waals surface area contributed by atoms with Gasteiger partial charge in [-0.1, -0.05) is 30.3 Å². The molecule has 0 aliphatic heterocycles. The lowest BCUT2D eigenvalue weighted by Crippen LogP contribution is -2.26. The molecule has 0 aliphatic carbocycles. The third-order valence-corrected chi connectivity index (χ3v) is 3.47. The average Bonchev–Trinajstić information content (AvgIpc) is 2.74. The lowest BCUT2D eigenvalue weighted by Gasteiger charge is -2.00. The molecule has 3 aromatic rings. The molecule has 0 spiro atoms. The quantitative estimate of drug-likeness (QED) is 0.575. The van der Waals surface area contributed by atoms with Crippen molar-refractivity contribution in [2.45, 2.75) is 13.8 Å². The molecule has 0 fully saturated rings. The van der Waals surface area contributed by atoms with Gasteiger partial charge in [-0.25, -0.2) is 4.57 Å². The number of para-hydroxylation sites is 1. The summed E-state index contributed by atoms with van der Waals surface area (Å²) < 4.78 is 4.46. The predicted molar refractivity (Wildman–Crippen MR) is 73.9 cm³/mol. The molecule has 3 rings (SSSR count). The van der Waals surface area contributed by atoms with Gasteiger partial charge in [0.05, 0.1) is 7.05 Å². The minimum Gasteiger partial charge on any atom is -0.232 e. The summed E-state index contributed by atoms with van der Waals surface area (Å²) in [6.07, 6.45) is 2.15. The first-order chi connectivity index (χ1) is 8.68. The van der Waals surface area contributed by atoms with E-state index in [9.17, 15) is 0 Å². The van der Waals surface area contributed by atoms with Crippen LogP contribution < -0.4 is 4.57 Å². The molecule has 0 saturated heterocycles. The number of hydrogen-bond donors (Lipinski definition) is 0. The van der Waals surface area contributed by atoms with Crippen molar-refractivity contribution < 1.29 is 4.57 Å². The van der Waals surface area contributed by atoms with Gasteiger partial charge < -0.3 is 0 Å². The van der Waals surface area contributed by atoms with E-state index in [-0.39, 0.29) is 0 Å². The second-order valence-corrected chi connectivity index (χ2v) is 4.83. The molecule has 0 saturated carbocycles. The fourth-order valence-electron chi connectivity index (χ4n) is 2.60. The van der Waals surface area contributed by atoms with Gasteiger partial charge in [0, 0.05) is 11.1 Å². The van der Waals surface area contributed by atoms with Gasteiger partial charge in [0.2, 0.25) is 6.33 Å². The van der Waals surface area contributed by atoms with Gasteiger partial charge in [-0.3, -0.25) is 0 Å². The van der Waals surface area contributed by atoms with Crippen molar-refractivity contribution >= 4 is 11.0 Å². The SMILES string of the molecule is Cc1ccc(C)c2c1n(-c1ccccc1)c[n+]2C. The van der Waals surface area contributed by atoms with Crippen LogP contribution in [-0.4, -0.2) is 4.57 Å². The molecule has 1 heterocycles. The van der Waals surface area contributed by atoms with E-state index in [1.165, 1.54) is 27.8 Å². The maximum absolute atomic E-state index is 2.26. The fourth-order valence-corrected chi connectivity index (χ4v) is 2.60. The Bertz CT molecular complexity index is 709. The van der Waals surface area contributed by atoms with Gasteiger partial charge in [-0.05, 0) is 26.0 Å². The topological polar surface area (TPSA) is 8.81 Å². The first-order valence-corrected chi connectivity index (χ1v) is 6.21. The summed E-state index contributed by atoms with van der Waals surface area (Å²) in [5, 5.41) is 0. The van der Waals surface area contributed by atoms with Crippen molar-refractivity contribution in [1.29, 1.82) is 0 Å². The highest BCUT2D eigenvalue weighted by atomic mass is 15.1. The molecule has 18 heavy (non-hydrogen) atoms. The van der Waals surface area contributed by atoms with Crippen LogP contribution >= 0.6 is 0 Å². The summed E-state index contributed by atoms with van der Waals surface area (Å²) in [4.78, 5) is 0. The van der Waals surface area contributed by atoms with Crippen LogP contribution in [0, 0.1) is 13.8 Å². The van der Waals surface area contributed by atoms with Gasteiger partial charge >= 0.3 is 0 Å². The van der Waals surface area contributed by atoms with Crippen LogP contribution in [0.2, 0.25) is 0 Å². The number of rotatable bonds is 1. The third kappa shape index (κ3) is 1.53. The summed E-state index contributed by atoms with van der Waals surface area (Å²) in [5.74, 6) is 0. The number of nitrogens with zero attached hydrogens (tertiary/aromatic N) is 2. The minimum absolute atomic E-state index is 1.21. The number of aromatic nitrogens is 2. The average molecular weight is 237 g/mol. The molecule has 2 heteroatoms. The van der Waals surface area contributed by atoms with Crippen LogP contribution in [0.15, 0.2) is 48.8 Å². The van der Waals surface area contributed by atoms with E-state index in [0.717, 1.165) is 0 Å². The number of benzene rings is 2. The van der Waals surface area contributed by atoms with E-state index < -0.39 is 0 Å². The van der Waals surface area contributed by atoms with Crippen molar-refractivity contribution in [1.82, 2.24) is 4.57 Å². The second kappa shape index (κ2) is 3.98. The van der Waals surface area contributed by atoms with E-state index in [1.807, 2.05) is 6.07 Å². The number of aryl methyl sites for hydroxylation is 3. The first kappa shape index (κ1) is 11.0. The Kier molecular flexibility index (Phi) is 2.44. The summed E-state index contributed by atoms with van der Waals surface area (Å²) in [5.41, 5.74) is 6.42. The number of imidazole rings is 1. The Morgan fingerprint density at radius 2 is 1.56 bits per heavy atom. The molecule has 0 radical (unpaired) electrons. The highest BCUT2D eigenvalue weighted by Gasteiger charge is 2.18. The molecule has 0 amide bonds. The standard InChI is InChI=1S/C16H17N2/c1-12-9-10-13(2)16-15(12)17(3)11-18(16)14-7-5-4-6-8-14/h4-11H,1-3H3/q+1. The van der Waals surface area contributed by atoms with Gasteiger partial charge in [-0.2, -0.15) is 4.57 Å². The molecule has 0 aliphatic rings. The van der Waals surface area contributed by atoms with E-state index in [4.69, 9.17) is 0 Å². The van der Waals surface area contributed by atoms with Crippen molar-refractivity contribution in [3.8, 4) is 5.69 Å². The van der Waals surface area contributed by atoms with Gasteiger partial charge in [0.25, 0.3) is 0 Å². The minimum atomic E-state index is 1.21. The van der Waals surface area contributed by atoms with E-state index >= 15 is 0 Å². The van der Waals surface area contributed by atoms with Gasteiger partial charge in [0.15, 0.2) is 11.0 Å². The summed E-state index contributed by atoms with van der Waals surface area (Å²) >= 11 is 0. The van der Waals surface area contributed by atoms with Crippen LogP contribution in [0.3, 0.4) is 0 Å². The molecule has 90 valence electrons. The second-order valence-electron chi connectivity index (χ2n) is 4.83. The fraction of sp³-hybridized carbons (Fsp3) is 0.188. The van der Waals surface area contributed by atoms with Crippen molar-refractivity contribution in [2.24, 2.45) is 7.05 Å². The smallest absolute Gasteiger partial charge is 0.232 e. The summed E-state index contributed by atoms with van der Waals surface area (Å²) in [6.45, 7) is 4.33. The van der Waals surface area contributed by atoms with Gasteiger partial charge in [0.1, 0.15) is 5.69 Å². The zero-order chi connectivity index (χ0) is 12.7. The van der Waals surface area contributed by atoms with Crippen LogP contribution in [0.25, 0.3) is 16.7 Å². The zero-order valence-corrected chi connectivity index (χ0v) is 11.0. The molecule has 0 N–H and O–H groups in total. The maximum atomic E-state index is 2.26. The molecule has 1 aromatic heterocycles. The Morgan fingerprint density at radius 1 is 0.889 bits per heavy atom. The van der Waals surface area contributed by atoms with E-state index in [2.05, 4.69) is 72.8 Å². The number of fused-ring (bicyclic) bond motifs is 1. The Balaban J connectivity index is 2.42. The molecular formula is C16H17N2+. The van der Waals surface area contributed by atoms with Crippen molar-refractivity contribution in [2.75, 3.05) is 0 Å². The molecule has 0 unspecified atom stereocenters. The third-order valence-electron chi connectivity index (χ3n) is 3.47. The molecule has 0 atom stereocenters. The van der Waals surface area contributed by atoms with Crippen molar-refractivity contribution in [3.63, 3.8) is 0 Å². The van der Waals surface area contributed by atoms with Crippen LogP contribution in [0.4, 0.5) is 0 Å². The lowest BCUT2D eigenvalue weighted by atomic mass is 10.1. The summed E-state index contributed by atoms with van der Waals surface area (Å²) in [7, 11) is 2.11. The zero-order valence-electron chi connectivity index (χ0n) is 11.0. The van der Waals surface area contributed by atoms with Gasteiger partial charge in [-0.15, -0.1) is 0 Å². The molecular weight excluding hydrogens is 220 g/mol. The Morgan fingerprint density at radius 3 is 2.28 bits per heavy atom. The predicted octanol–water partition coefficient (Wildman–Crippen LogP) is 3.07.